The predicted molar refractivity (Wildman–Crippen MR) is 73.7 cm³/mol. The van der Waals surface area contributed by atoms with Crippen molar-refractivity contribution in [1.29, 1.82) is 0 Å². The van der Waals surface area contributed by atoms with Gasteiger partial charge in [0, 0.05) is 38.0 Å². The highest BCUT2D eigenvalue weighted by Gasteiger charge is 2.24. The fraction of sp³-hybridized carbons (Fsp3) is 0.462. The monoisotopic (exact) mass is 296 g/mol. The molecule has 7 heteroatoms. The van der Waals surface area contributed by atoms with E-state index in [4.69, 9.17) is 5.11 Å². The Bertz CT molecular complexity index is 492. The molecular weight excluding hydrogens is 280 g/mol. The highest BCUT2D eigenvalue weighted by atomic mass is 32.1. The van der Waals surface area contributed by atoms with Gasteiger partial charge in [-0.25, -0.2) is 0 Å². The van der Waals surface area contributed by atoms with Crippen LogP contribution in [-0.4, -0.2) is 58.9 Å². The highest BCUT2D eigenvalue weighted by molar-refractivity contribution is 7.08. The van der Waals surface area contributed by atoms with Crippen molar-refractivity contribution < 1.29 is 19.5 Å². The van der Waals surface area contributed by atoms with Gasteiger partial charge in [0.05, 0.1) is 12.0 Å². The van der Waals surface area contributed by atoms with Crippen LogP contribution in [0, 0.1) is 0 Å². The zero-order valence-corrected chi connectivity index (χ0v) is 11.8. The van der Waals surface area contributed by atoms with Crippen LogP contribution in [0.25, 0.3) is 0 Å². The Labute approximate surface area is 120 Å². The van der Waals surface area contributed by atoms with E-state index in [0.717, 1.165) is 0 Å². The summed E-state index contributed by atoms with van der Waals surface area (Å²) in [5.41, 5.74) is 0.681. The molecule has 1 aliphatic rings. The van der Waals surface area contributed by atoms with Crippen LogP contribution >= 0.6 is 11.3 Å². The molecule has 0 aliphatic carbocycles. The Morgan fingerprint density at radius 2 is 1.75 bits per heavy atom. The van der Waals surface area contributed by atoms with Crippen molar-refractivity contribution in [1.82, 2.24) is 9.80 Å². The second kappa shape index (κ2) is 6.51. The second-order valence-corrected chi connectivity index (χ2v) is 5.36. The molecule has 20 heavy (non-hydrogen) atoms. The number of rotatable bonds is 4. The lowest BCUT2D eigenvalue weighted by molar-refractivity contribution is -0.141. The number of carboxylic acid groups (broad SMARTS) is 1. The van der Waals surface area contributed by atoms with Crippen LogP contribution in [-0.2, 0) is 9.59 Å². The minimum Gasteiger partial charge on any atom is -0.481 e. The van der Waals surface area contributed by atoms with E-state index in [1.54, 1.807) is 15.9 Å². The predicted octanol–water partition coefficient (Wildman–Crippen LogP) is 0.897. The van der Waals surface area contributed by atoms with E-state index in [2.05, 4.69) is 0 Å². The van der Waals surface area contributed by atoms with Gasteiger partial charge in [0.15, 0.2) is 0 Å². The molecule has 2 amide bonds. The van der Waals surface area contributed by atoms with E-state index in [0.29, 0.717) is 31.7 Å². The standard InChI is InChI=1S/C13H16N2O4S/c16-11(1-2-12(17)18)14-4-6-15(7-5-14)13(19)10-3-8-20-9-10/h3,8-9H,1-2,4-7H2,(H,17,18). The lowest BCUT2D eigenvalue weighted by atomic mass is 10.2. The van der Waals surface area contributed by atoms with Crippen LogP contribution in [0.5, 0.6) is 0 Å². The molecule has 2 rings (SSSR count). The molecule has 6 nitrogen and oxygen atoms in total. The number of piperazine rings is 1. The summed E-state index contributed by atoms with van der Waals surface area (Å²) < 4.78 is 0. The van der Waals surface area contributed by atoms with Gasteiger partial charge in [-0.1, -0.05) is 0 Å². The summed E-state index contributed by atoms with van der Waals surface area (Å²) in [4.78, 5) is 37.7. The first-order chi connectivity index (χ1) is 9.58. The highest BCUT2D eigenvalue weighted by Crippen LogP contribution is 2.12. The number of amides is 2. The fourth-order valence-electron chi connectivity index (χ4n) is 2.10. The lowest BCUT2D eigenvalue weighted by Crippen LogP contribution is -2.50. The van der Waals surface area contributed by atoms with E-state index < -0.39 is 5.97 Å². The van der Waals surface area contributed by atoms with Crippen molar-refractivity contribution in [2.45, 2.75) is 12.8 Å². The van der Waals surface area contributed by atoms with Gasteiger partial charge in [0.1, 0.15) is 0 Å². The summed E-state index contributed by atoms with van der Waals surface area (Å²) in [7, 11) is 0. The SMILES string of the molecule is O=C(O)CCC(=O)N1CCN(C(=O)c2ccsc2)CC1. The summed E-state index contributed by atoms with van der Waals surface area (Å²) in [6.45, 7) is 1.92. The van der Waals surface area contributed by atoms with Crippen LogP contribution in [0.2, 0.25) is 0 Å². The Morgan fingerprint density at radius 3 is 2.30 bits per heavy atom. The van der Waals surface area contributed by atoms with Gasteiger partial charge in [-0.15, -0.1) is 0 Å². The summed E-state index contributed by atoms with van der Waals surface area (Å²) in [6.07, 6.45) is -0.124. The van der Waals surface area contributed by atoms with E-state index in [1.165, 1.54) is 11.3 Å². The first-order valence-corrected chi connectivity index (χ1v) is 7.33. The Morgan fingerprint density at radius 1 is 1.10 bits per heavy atom. The minimum absolute atomic E-state index is 0.0103. The first kappa shape index (κ1) is 14.5. The molecule has 0 unspecified atom stereocenters. The number of carbonyl (C=O) groups excluding carboxylic acids is 2. The molecule has 0 spiro atoms. The molecule has 0 saturated carbocycles. The molecule has 1 aromatic rings. The first-order valence-electron chi connectivity index (χ1n) is 6.39. The maximum Gasteiger partial charge on any atom is 0.303 e. The van der Waals surface area contributed by atoms with Crippen molar-refractivity contribution >= 4 is 29.1 Å². The van der Waals surface area contributed by atoms with Crippen LogP contribution in [0.3, 0.4) is 0 Å². The van der Waals surface area contributed by atoms with Crippen molar-refractivity contribution in [3.63, 3.8) is 0 Å². The van der Waals surface area contributed by atoms with E-state index in [9.17, 15) is 14.4 Å². The van der Waals surface area contributed by atoms with Gasteiger partial charge in [-0.2, -0.15) is 11.3 Å². The fourth-order valence-corrected chi connectivity index (χ4v) is 2.73. The van der Waals surface area contributed by atoms with Crippen LogP contribution in [0.4, 0.5) is 0 Å². The largest absolute Gasteiger partial charge is 0.481 e. The summed E-state index contributed by atoms with van der Waals surface area (Å²) in [5.74, 6) is -1.14. The molecule has 0 aromatic carbocycles. The third-order valence-corrected chi connectivity index (χ3v) is 3.92. The average molecular weight is 296 g/mol. The molecule has 1 saturated heterocycles. The zero-order chi connectivity index (χ0) is 14.5. The third-order valence-electron chi connectivity index (χ3n) is 3.24. The van der Waals surface area contributed by atoms with Crippen molar-refractivity contribution in [2.75, 3.05) is 26.2 Å². The average Bonchev–Trinajstić information content (AvgIpc) is 2.98. The number of nitrogens with zero attached hydrogens (tertiary/aromatic N) is 2. The molecule has 108 valence electrons. The Kier molecular flexibility index (Phi) is 4.73. The van der Waals surface area contributed by atoms with Crippen molar-refractivity contribution in [2.24, 2.45) is 0 Å². The molecule has 1 aromatic heterocycles. The van der Waals surface area contributed by atoms with Crippen molar-refractivity contribution in [3.05, 3.63) is 22.4 Å². The van der Waals surface area contributed by atoms with E-state index in [1.807, 2.05) is 10.8 Å². The number of aliphatic carboxylic acids is 1. The Balaban J connectivity index is 1.82. The number of hydrogen-bond acceptors (Lipinski definition) is 4. The Hall–Kier alpha value is -1.89. The molecular formula is C13H16N2O4S. The van der Waals surface area contributed by atoms with Crippen LogP contribution < -0.4 is 0 Å². The van der Waals surface area contributed by atoms with Gasteiger partial charge in [0.25, 0.3) is 5.91 Å². The van der Waals surface area contributed by atoms with Crippen LogP contribution in [0.15, 0.2) is 16.8 Å². The van der Waals surface area contributed by atoms with Crippen molar-refractivity contribution in [3.8, 4) is 0 Å². The molecule has 1 N–H and O–H groups in total. The topological polar surface area (TPSA) is 77.9 Å². The van der Waals surface area contributed by atoms with Gasteiger partial charge < -0.3 is 14.9 Å². The maximum absolute atomic E-state index is 12.1. The number of carboxylic acids is 1. The third kappa shape index (κ3) is 3.57. The molecule has 0 bridgehead atoms. The quantitative estimate of drug-likeness (QED) is 0.895. The van der Waals surface area contributed by atoms with Gasteiger partial charge in [-0.3, -0.25) is 14.4 Å². The summed E-state index contributed by atoms with van der Waals surface area (Å²) in [6, 6.07) is 1.79. The molecule has 0 atom stereocenters. The number of hydrogen-bond donors (Lipinski definition) is 1. The summed E-state index contributed by atoms with van der Waals surface area (Å²) >= 11 is 1.48. The second-order valence-electron chi connectivity index (χ2n) is 4.58. The van der Waals surface area contributed by atoms with Gasteiger partial charge in [-0.05, 0) is 11.4 Å². The summed E-state index contributed by atoms with van der Waals surface area (Å²) in [5, 5.41) is 12.2. The lowest BCUT2D eigenvalue weighted by Gasteiger charge is -2.34. The molecule has 1 aliphatic heterocycles. The van der Waals surface area contributed by atoms with Crippen LogP contribution in [0.1, 0.15) is 23.2 Å². The van der Waals surface area contributed by atoms with E-state index >= 15 is 0 Å². The molecule has 2 heterocycles. The number of carbonyl (C=O) groups is 3. The van der Waals surface area contributed by atoms with Gasteiger partial charge in [0.2, 0.25) is 5.91 Å². The number of thiophene rings is 1. The minimum atomic E-state index is -0.968. The zero-order valence-electron chi connectivity index (χ0n) is 10.9. The maximum atomic E-state index is 12.1. The molecule has 1 fully saturated rings. The van der Waals surface area contributed by atoms with E-state index in [-0.39, 0.29) is 24.7 Å². The van der Waals surface area contributed by atoms with Gasteiger partial charge >= 0.3 is 5.97 Å². The normalized spacial score (nSPS) is 15.2. The molecule has 0 radical (unpaired) electrons. The smallest absolute Gasteiger partial charge is 0.303 e.